The molecule has 0 saturated heterocycles. The molecule has 0 radical (unpaired) electrons. The Morgan fingerprint density at radius 3 is 2.65 bits per heavy atom. The summed E-state index contributed by atoms with van der Waals surface area (Å²) in [6.07, 6.45) is 2.23. The molecule has 1 amide bonds. The summed E-state index contributed by atoms with van der Waals surface area (Å²) in [5, 5.41) is 22.1. The van der Waals surface area contributed by atoms with Gasteiger partial charge in [0.1, 0.15) is 10.9 Å². The monoisotopic (exact) mass is 377 g/mol. The highest BCUT2D eigenvalue weighted by Crippen LogP contribution is 2.45. The fourth-order valence-electron chi connectivity index (χ4n) is 2.52. The molecular formula is C17H16ClN3O5. The summed E-state index contributed by atoms with van der Waals surface area (Å²) < 4.78 is 5.78. The number of hydrogen-bond acceptors (Lipinski definition) is 5. The number of nitrogens with zero attached hydrogens (tertiary/aromatic N) is 2. The van der Waals surface area contributed by atoms with Crippen LogP contribution in [-0.2, 0) is 0 Å². The molecule has 0 unspecified atom stereocenters. The summed E-state index contributed by atoms with van der Waals surface area (Å²) in [4.78, 5) is 25.0. The van der Waals surface area contributed by atoms with Crippen molar-refractivity contribution in [2.24, 2.45) is 5.41 Å². The highest BCUT2D eigenvalue weighted by Gasteiger charge is 2.43. The molecule has 0 bridgehead atoms. The number of non-ortho nitro benzene ring substituents is 1. The Labute approximate surface area is 153 Å². The van der Waals surface area contributed by atoms with E-state index in [0.717, 1.165) is 12.8 Å². The number of pyridine rings is 1. The van der Waals surface area contributed by atoms with Crippen molar-refractivity contribution < 1.29 is 19.6 Å². The molecule has 2 aromatic rings. The summed E-state index contributed by atoms with van der Waals surface area (Å²) in [5.74, 6) is 0.504. The van der Waals surface area contributed by atoms with Gasteiger partial charge in [-0.25, -0.2) is 9.78 Å². The zero-order valence-electron chi connectivity index (χ0n) is 13.6. The standard InChI is InChI=1S/C17H16ClN3O5/c18-15-14(11-1-3-12(4-2-11)21(24)25)7-13(8-19-15)26-10-17(5-6-17)9-20-16(22)23/h1-4,7-8,20H,5-6,9-10H2,(H,22,23). The largest absolute Gasteiger partial charge is 0.491 e. The van der Waals surface area contributed by atoms with Crippen LogP contribution in [0.1, 0.15) is 12.8 Å². The molecule has 26 heavy (non-hydrogen) atoms. The molecule has 1 aliphatic carbocycles. The van der Waals surface area contributed by atoms with E-state index in [-0.39, 0.29) is 16.3 Å². The number of amides is 1. The van der Waals surface area contributed by atoms with E-state index in [2.05, 4.69) is 10.3 Å². The first kappa shape index (κ1) is 17.9. The third-order valence-corrected chi connectivity index (χ3v) is 4.62. The molecule has 0 atom stereocenters. The molecule has 1 saturated carbocycles. The molecule has 1 fully saturated rings. The van der Waals surface area contributed by atoms with Crippen molar-refractivity contribution in [3.8, 4) is 16.9 Å². The van der Waals surface area contributed by atoms with Crippen LogP contribution in [0.2, 0.25) is 5.15 Å². The van der Waals surface area contributed by atoms with Gasteiger partial charge in [0.25, 0.3) is 5.69 Å². The lowest BCUT2D eigenvalue weighted by atomic mass is 10.1. The fourth-order valence-corrected chi connectivity index (χ4v) is 2.73. The van der Waals surface area contributed by atoms with Crippen LogP contribution >= 0.6 is 11.6 Å². The Morgan fingerprint density at radius 1 is 1.38 bits per heavy atom. The highest BCUT2D eigenvalue weighted by molar-refractivity contribution is 6.32. The van der Waals surface area contributed by atoms with E-state index in [1.807, 2.05) is 0 Å². The zero-order valence-corrected chi connectivity index (χ0v) is 14.4. The maximum Gasteiger partial charge on any atom is 0.404 e. The van der Waals surface area contributed by atoms with Gasteiger partial charge in [-0.3, -0.25) is 10.1 Å². The summed E-state index contributed by atoms with van der Waals surface area (Å²) in [6, 6.07) is 7.72. The summed E-state index contributed by atoms with van der Waals surface area (Å²) >= 11 is 6.14. The van der Waals surface area contributed by atoms with Crippen molar-refractivity contribution in [1.29, 1.82) is 0 Å². The Morgan fingerprint density at radius 2 is 2.08 bits per heavy atom. The van der Waals surface area contributed by atoms with Crippen molar-refractivity contribution in [2.75, 3.05) is 13.2 Å². The number of nitro benzene ring substituents is 1. The van der Waals surface area contributed by atoms with Gasteiger partial charge in [-0.1, -0.05) is 11.6 Å². The van der Waals surface area contributed by atoms with Crippen LogP contribution in [0.25, 0.3) is 11.1 Å². The molecule has 1 heterocycles. The van der Waals surface area contributed by atoms with Crippen molar-refractivity contribution in [1.82, 2.24) is 10.3 Å². The molecule has 0 aliphatic heterocycles. The molecule has 3 rings (SSSR count). The molecule has 8 nitrogen and oxygen atoms in total. The van der Waals surface area contributed by atoms with E-state index in [0.29, 0.717) is 30.0 Å². The summed E-state index contributed by atoms with van der Waals surface area (Å²) in [7, 11) is 0. The maximum atomic E-state index is 10.8. The van der Waals surface area contributed by atoms with E-state index in [4.69, 9.17) is 21.4 Å². The van der Waals surface area contributed by atoms with Gasteiger partial charge in [0, 0.05) is 29.7 Å². The Balaban J connectivity index is 1.71. The van der Waals surface area contributed by atoms with Crippen molar-refractivity contribution in [2.45, 2.75) is 12.8 Å². The number of hydrogen-bond donors (Lipinski definition) is 2. The quantitative estimate of drug-likeness (QED) is 0.431. The highest BCUT2D eigenvalue weighted by atomic mass is 35.5. The fraction of sp³-hybridized carbons (Fsp3) is 0.294. The van der Waals surface area contributed by atoms with Crippen LogP contribution in [0, 0.1) is 15.5 Å². The van der Waals surface area contributed by atoms with Crippen molar-refractivity contribution in [3.63, 3.8) is 0 Å². The van der Waals surface area contributed by atoms with Crippen LogP contribution in [-0.4, -0.2) is 34.3 Å². The second kappa shape index (κ2) is 7.17. The number of nitrogens with one attached hydrogen (secondary N) is 1. The summed E-state index contributed by atoms with van der Waals surface area (Å²) in [5.41, 5.74) is 1.11. The number of ether oxygens (including phenoxy) is 1. The maximum absolute atomic E-state index is 10.8. The first-order chi connectivity index (χ1) is 12.4. The molecule has 0 spiro atoms. The number of aromatic nitrogens is 1. The summed E-state index contributed by atoms with van der Waals surface area (Å²) in [6.45, 7) is 0.717. The minimum atomic E-state index is -1.05. The van der Waals surface area contributed by atoms with E-state index in [1.54, 1.807) is 18.2 Å². The number of rotatable bonds is 7. The smallest absolute Gasteiger partial charge is 0.404 e. The van der Waals surface area contributed by atoms with Gasteiger partial charge in [0.05, 0.1) is 17.7 Å². The van der Waals surface area contributed by atoms with Crippen LogP contribution in [0.4, 0.5) is 10.5 Å². The van der Waals surface area contributed by atoms with Crippen LogP contribution in [0.15, 0.2) is 36.5 Å². The molecule has 1 aliphatic rings. The van der Waals surface area contributed by atoms with Gasteiger partial charge < -0.3 is 15.2 Å². The SMILES string of the molecule is O=C(O)NCC1(COc2cnc(Cl)c(-c3ccc([N+](=O)[O-])cc3)c2)CC1. The second-order valence-electron chi connectivity index (χ2n) is 6.26. The topological polar surface area (TPSA) is 115 Å². The predicted molar refractivity (Wildman–Crippen MR) is 94.5 cm³/mol. The lowest BCUT2D eigenvalue weighted by Crippen LogP contribution is -2.31. The first-order valence-electron chi connectivity index (χ1n) is 7.89. The number of halogens is 1. The second-order valence-corrected chi connectivity index (χ2v) is 6.62. The Hall–Kier alpha value is -2.87. The average Bonchev–Trinajstić information content (AvgIpc) is 3.40. The van der Waals surface area contributed by atoms with E-state index in [1.165, 1.54) is 18.3 Å². The number of carbonyl (C=O) groups is 1. The minimum absolute atomic E-state index is 0.00755. The Kier molecular flexibility index (Phi) is 4.94. The molecule has 1 aromatic carbocycles. The normalized spacial score (nSPS) is 14.5. The number of nitro groups is 1. The van der Waals surface area contributed by atoms with Crippen LogP contribution < -0.4 is 10.1 Å². The molecule has 1 aromatic heterocycles. The van der Waals surface area contributed by atoms with E-state index in [9.17, 15) is 14.9 Å². The van der Waals surface area contributed by atoms with Gasteiger partial charge in [0.2, 0.25) is 0 Å². The van der Waals surface area contributed by atoms with Crippen molar-refractivity contribution >= 4 is 23.4 Å². The average molecular weight is 378 g/mol. The van der Waals surface area contributed by atoms with Crippen LogP contribution in [0.3, 0.4) is 0 Å². The van der Waals surface area contributed by atoms with Crippen molar-refractivity contribution in [3.05, 3.63) is 51.8 Å². The third-order valence-electron chi connectivity index (χ3n) is 4.32. The molecule has 136 valence electrons. The number of carboxylic acid groups (broad SMARTS) is 1. The molecule has 2 N–H and O–H groups in total. The molecular weight excluding hydrogens is 362 g/mol. The van der Waals surface area contributed by atoms with Gasteiger partial charge >= 0.3 is 6.09 Å². The molecule has 9 heteroatoms. The predicted octanol–water partition coefficient (Wildman–Crippen LogP) is 3.74. The van der Waals surface area contributed by atoms with E-state index >= 15 is 0 Å². The first-order valence-corrected chi connectivity index (χ1v) is 8.26. The lowest BCUT2D eigenvalue weighted by molar-refractivity contribution is -0.384. The third kappa shape index (κ3) is 4.20. The van der Waals surface area contributed by atoms with Gasteiger partial charge in [-0.05, 0) is 36.6 Å². The van der Waals surface area contributed by atoms with Gasteiger partial charge in [-0.2, -0.15) is 0 Å². The Bertz CT molecular complexity index is 837. The zero-order chi connectivity index (χ0) is 18.7. The number of benzene rings is 1. The minimum Gasteiger partial charge on any atom is -0.491 e. The lowest BCUT2D eigenvalue weighted by Gasteiger charge is -2.16. The van der Waals surface area contributed by atoms with Gasteiger partial charge in [0.15, 0.2) is 0 Å². The van der Waals surface area contributed by atoms with Gasteiger partial charge in [-0.15, -0.1) is 0 Å². The van der Waals surface area contributed by atoms with E-state index < -0.39 is 11.0 Å². The van der Waals surface area contributed by atoms with Crippen LogP contribution in [0.5, 0.6) is 5.75 Å².